The van der Waals surface area contributed by atoms with Gasteiger partial charge in [0, 0.05) is 30.2 Å². The number of ether oxygens (including phenoxy) is 2. The minimum atomic E-state index is -0.0556. The number of rotatable bonds is 9. The van der Waals surface area contributed by atoms with E-state index in [0.717, 1.165) is 31.3 Å². The van der Waals surface area contributed by atoms with Crippen LogP contribution < -0.4 is 15.4 Å². The van der Waals surface area contributed by atoms with Gasteiger partial charge >= 0.3 is 0 Å². The molecule has 1 aliphatic rings. The summed E-state index contributed by atoms with van der Waals surface area (Å²) in [5, 5.41) is 16.6. The number of nitrogens with one attached hydrogen (secondary N) is 2. The van der Waals surface area contributed by atoms with Crippen molar-refractivity contribution in [2.75, 3.05) is 39.5 Å². The van der Waals surface area contributed by atoms with Crippen molar-refractivity contribution in [3.8, 4) is 5.75 Å². The summed E-state index contributed by atoms with van der Waals surface area (Å²) in [4.78, 5) is 4.71. The lowest BCUT2D eigenvalue weighted by Crippen LogP contribution is -2.42. The van der Waals surface area contributed by atoms with Crippen molar-refractivity contribution in [3.63, 3.8) is 0 Å². The van der Waals surface area contributed by atoms with Crippen LogP contribution in [0.1, 0.15) is 26.7 Å². The molecule has 8 heteroatoms. The zero-order valence-corrected chi connectivity index (χ0v) is 19.1. The van der Waals surface area contributed by atoms with Gasteiger partial charge in [0.25, 0.3) is 0 Å². The van der Waals surface area contributed by atoms with Crippen molar-refractivity contribution < 1.29 is 14.6 Å². The molecule has 2 rings (SSSR count). The van der Waals surface area contributed by atoms with Gasteiger partial charge in [0.2, 0.25) is 0 Å². The van der Waals surface area contributed by atoms with Crippen molar-refractivity contribution in [1.29, 1.82) is 0 Å². The maximum absolute atomic E-state index is 9.34. The van der Waals surface area contributed by atoms with E-state index in [1.807, 2.05) is 32.0 Å². The Labute approximate surface area is 184 Å². The van der Waals surface area contributed by atoms with E-state index in [1.54, 1.807) is 6.07 Å². The summed E-state index contributed by atoms with van der Waals surface area (Å²) in [7, 11) is 0. The van der Waals surface area contributed by atoms with E-state index < -0.39 is 0 Å². The van der Waals surface area contributed by atoms with E-state index in [9.17, 15) is 5.11 Å². The number of benzene rings is 1. The summed E-state index contributed by atoms with van der Waals surface area (Å²) >= 11 is 5.99. The molecule has 6 nitrogen and oxygen atoms in total. The molecule has 27 heavy (non-hydrogen) atoms. The number of guanidine groups is 1. The molecule has 0 spiro atoms. The van der Waals surface area contributed by atoms with Crippen molar-refractivity contribution in [2.45, 2.75) is 32.8 Å². The number of aliphatic hydroxyl groups excluding tert-OH is 1. The molecule has 0 aliphatic carbocycles. The second kappa shape index (κ2) is 12.6. The number of aliphatic hydroxyl groups is 1. The topological polar surface area (TPSA) is 75.1 Å². The van der Waals surface area contributed by atoms with Crippen molar-refractivity contribution in [3.05, 3.63) is 29.3 Å². The lowest BCUT2D eigenvalue weighted by atomic mass is 9.84. The van der Waals surface area contributed by atoms with Crippen LogP contribution in [-0.4, -0.2) is 56.6 Å². The molecule has 1 fully saturated rings. The van der Waals surface area contributed by atoms with Crippen molar-refractivity contribution >= 4 is 41.5 Å². The van der Waals surface area contributed by atoms with Crippen LogP contribution in [-0.2, 0) is 4.74 Å². The highest BCUT2D eigenvalue weighted by Gasteiger charge is 2.34. The molecule has 0 aromatic heterocycles. The van der Waals surface area contributed by atoms with Crippen LogP contribution in [0.25, 0.3) is 0 Å². The summed E-state index contributed by atoms with van der Waals surface area (Å²) in [6, 6.07) is 7.38. The molecule has 0 bridgehead atoms. The first kappa shape index (κ1) is 24.3. The first-order valence-electron chi connectivity index (χ1n) is 9.20. The number of aliphatic imine (C=N–C) groups is 1. The maximum Gasteiger partial charge on any atom is 0.191 e. The van der Waals surface area contributed by atoms with Gasteiger partial charge in [0.05, 0.1) is 19.7 Å². The quantitative estimate of drug-likeness (QED) is 0.270. The zero-order valence-electron chi connectivity index (χ0n) is 16.0. The molecular formula is C19H31ClIN3O3. The second-order valence-corrected chi connectivity index (χ2v) is 7.17. The fourth-order valence-electron chi connectivity index (χ4n) is 2.93. The van der Waals surface area contributed by atoms with Crippen molar-refractivity contribution in [2.24, 2.45) is 10.4 Å². The van der Waals surface area contributed by atoms with E-state index in [1.165, 1.54) is 0 Å². The maximum atomic E-state index is 9.34. The molecule has 1 saturated heterocycles. The predicted molar refractivity (Wildman–Crippen MR) is 121 cm³/mol. The average Bonchev–Trinajstić information content (AvgIpc) is 3.06. The van der Waals surface area contributed by atoms with Gasteiger partial charge in [-0.15, -0.1) is 24.0 Å². The third kappa shape index (κ3) is 8.41. The molecular weight excluding hydrogens is 481 g/mol. The molecule has 1 aromatic carbocycles. The Hall–Kier alpha value is -0.770. The highest BCUT2D eigenvalue weighted by molar-refractivity contribution is 14.0. The lowest BCUT2D eigenvalue weighted by Gasteiger charge is -2.25. The third-order valence-electron chi connectivity index (χ3n) is 4.43. The molecule has 0 amide bonds. The Balaban J connectivity index is 0.00000364. The van der Waals surface area contributed by atoms with Gasteiger partial charge in [-0.3, -0.25) is 4.99 Å². The highest BCUT2D eigenvalue weighted by atomic mass is 127. The van der Waals surface area contributed by atoms with Crippen LogP contribution in [0.3, 0.4) is 0 Å². The molecule has 1 aromatic rings. The van der Waals surface area contributed by atoms with Crippen LogP contribution in [0.2, 0.25) is 5.02 Å². The first-order chi connectivity index (χ1) is 12.6. The van der Waals surface area contributed by atoms with Gasteiger partial charge in [-0.1, -0.05) is 17.7 Å². The molecule has 1 heterocycles. The minimum absolute atomic E-state index is 0. The first-order valence-corrected chi connectivity index (χ1v) is 9.58. The van der Waals surface area contributed by atoms with E-state index in [-0.39, 0.29) is 42.1 Å². The fourth-order valence-corrected chi connectivity index (χ4v) is 3.11. The van der Waals surface area contributed by atoms with Crippen LogP contribution in [0, 0.1) is 5.41 Å². The van der Waals surface area contributed by atoms with Gasteiger partial charge in [0.15, 0.2) is 5.96 Å². The Kier molecular flexibility index (Phi) is 11.4. The third-order valence-corrected chi connectivity index (χ3v) is 4.67. The van der Waals surface area contributed by atoms with Gasteiger partial charge in [-0.2, -0.15) is 0 Å². The normalized spacial score (nSPS) is 20.7. The van der Waals surface area contributed by atoms with Crippen molar-refractivity contribution in [1.82, 2.24) is 10.6 Å². The highest BCUT2D eigenvalue weighted by Crippen LogP contribution is 2.32. The summed E-state index contributed by atoms with van der Waals surface area (Å²) in [6.07, 6.45) is 1.60. The van der Waals surface area contributed by atoms with E-state index >= 15 is 0 Å². The van der Waals surface area contributed by atoms with E-state index in [4.69, 9.17) is 26.1 Å². The van der Waals surface area contributed by atoms with E-state index in [0.29, 0.717) is 31.1 Å². The lowest BCUT2D eigenvalue weighted by molar-refractivity contribution is 0.131. The Morgan fingerprint density at radius 3 is 2.89 bits per heavy atom. The predicted octanol–water partition coefficient (Wildman–Crippen LogP) is 3.07. The molecule has 2 unspecified atom stereocenters. The molecule has 0 saturated carbocycles. The second-order valence-electron chi connectivity index (χ2n) is 6.74. The molecule has 154 valence electrons. The summed E-state index contributed by atoms with van der Waals surface area (Å²) in [5.41, 5.74) is -0.0556. The Morgan fingerprint density at radius 2 is 2.26 bits per heavy atom. The number of halogens is 2. The fraction of sp³-hybridized carbons (Fsp3) is 0.632. The minimum Gasteiger partial charge on any atom is -0.489 e. The summed E-state index contributed by atoms with van der Waals surface area (Å²) in [6.45, 7) is 7.61. The number of nitrogens with zero attached hydrogens (tertiary/aromatic N) is 1. The van der Waals surface area contributed by atoms with Gasteiger partial charge in [-0.25, -0.2) is 0 Å². The van der Waals surface area contributed by atoms with Crippen LogP contribution in [0.15, 0.2) is 29.3 Å². The molecule has 1 aliphatic heterocycles. The monoisotopic (exact) mass is 511 g/mol. The standard InChI is InChI=1S/C19H30ClN3O3.HI/c1-3-21-18(23-13-19(7-9-24)8-10-25-14-19)22-12-15(2)26-17-6-4-5-16(20)11-17;/h4-6,11,15,24H,3,7-10,12-14H2,1-2H3,(H2,21,22,23);1H. The van der Waals surface area contributed by atoms with Gasteiger partial charge in [-0.05, 0) is 44.9 Å². The Bertz CT molecular complexity index is 583. The number of hydrogen-bond acceptors (Lipinski definition) is 4. The Morgan fingerprint density at radius 1 is 1.44 bits per heavy atom. The number of hydrogen-bond donors (Lipinski definition) is 3. The van der Waals surface area contributed by atoms with Crippen LogP contribution >= 0.6 is 35.6 Å². The SMILES string of the molecule is CCNC(=NCC1(CCO)CCOC1)NCC(C)Oc1cccc(Cl)c1.I. The largest absolute Gasteiger partial charge is 0.489 e. The van der Waals surface area contributed by atoms with Crippen LogP contribution in [0.5, 0.6) is 5.75 Å². The van der Waals surface area contributed by atoms with E-state index in [2.05, 4.69) is 10.6 Å². The van der Waals surface area contributed by atoms with Gasteiger partial charge in [0.1, 0.15) is 11.9 Å². The van der Waals surface area contributed by atoms with Crippen LogP contribution in [0.4, 0.5) is 0 Å². The molecule has 3 N–H and O–H groups in total. The molecule has 0 radical (unpaired) electrons. The smallest absolute Gasteiger partial charge is 0.191 e. The molecule has 2 atom stereocenters. The summed E-state index contributed by atoms with van der Waals surface area (Å²) < 4.78 is 11.4. The van der Waals surface area contributed by atoms with Gasteiger partial charge < -0.3 is 25.2 Å². The summed E-state index contributed by atoms with van der Waals surface area (Å²) in [5.74, 6) is 1.50. The average molecular weight is 512 g/mol. The zero-order chi connectivity index (χ0) is 18.8.